The van der Waals surface area contributed by atoms with Crippen molar-refractivity contribution in [1.82, 2.24) is 4.98 Å². The molecule has 1 aromatic heterocycles. The number of carboxylic acid groups (broad SMARTS) is 1. The van der Waals surface area contributed by atoms with Crippen molar-refractivity contribution in [2.24, 2.45) is 5.92 Å². The minimum Gasteiger partial charge on any atom is -0.508 e. The molecule has 31 heavy (non-hydrogen) atoms. The van der Waals surface area contributed by atoms with Gasteiger partial charge < -0.3 is 24.7 Å². The van der Waals surface area contributed by atoms with E-state index in [9.17, 15) is 9.90 Å². The van der Waals surface area contributed by atoms with Gasteiger partial charge in [-0.1, -0.05) is 42.0 Å². The molecule has 1 aliphatic rings. The molecule has 3 aromatic rings. The number of ether oxygens (including phenoxy) is 2. The van der Waals surface area contributed by atoms with E-state index in [0.717, 1.165) is 16.5 Å². The topological polar surface area (TPSA) is 91.8 Å². The SMILES string of the molecule is O=C(O)CCC=CCC1COC(c2c[nH]c3ccc(Cl)cc23)OC1c1ccccc1O. The highest BCUT2D eigenvalue weighted by Crippen LogP contribution is 2.43. The third-order valence-electron chi connectivity index (χ3n) is 5.46. The van der Waals surface area contributed by atoms with Gasteiger partial charge in [-0.25, -0.2) is 0 Å². The number of benzene rings is 2. The summed E-state index contributed by atoms with van der Waals surface area (Å²) in [4.78, 5) is 13.9. The molecule has 4 rings (SSSR count). The van der Waals surface area contributed by atoms with Crippen LogP contribution in [-0.2, 0) is 14.3 Å². The van der Waals surface area contributed by atoms with E-state index in [2.05, 4.69) is 4.98 Å². The Hall–Kier alpha value is -2.80. The summed E-state index contributed by atoms with van der Waals surface area (Å²) >= 11 is 6.18. The molecule has 2 aromatic carbocycles. The molecule has 6 nitrogen and oxygen atoms in total. The van der Waals surface area contributed by atoms with Gasteiger partial charge in [0.1, 0.15) is 5.75 Å². The fourth-order valence-electron chi connectivity index (χ4n) is 3.90. The van der Waals surface area contributed by atoms with Crippen molar-refractivity contribution in [2.75, 3.05) is 6.61 Å². The Morgan fingerprint density at radius 3 is 2.84 bits per heavy atom. The number of phenolic OH excluding ortho intramolecular Hbond substituents is 1. The van der Waals surface area contributed by atoms with E-state index in [1.165, 1.54) is 0 Å². The summed E-state index contributed by atoms with van der Waals surface area (Å²) in [6, 6.07) is 12.8. The number of aromatic hydroxyl groups is 1. The highest BCUT2D eigenvalue weighted by Gasteiger charge is 2.35. The lowest BCUT2D eigenvalue weighted by molar-refractivity contribution is -0.243. The van der Waals surface area contributed by atoms with Crippen LogP contribution in [0.15, 0.2) is 60.8 Å². The zero-order valence-electron chi connectivity index (χ0n) is 16.8. The Labute approximate surface area is 185 Å². The van der Waals surface area contributed by atoms with Gasteiger partial charge in [0.2, 0.25) is 0 Å². The van der Waals surface area contributed by atoms with Crippen LogP contribution in [0.5, 0.6) is 5.75 Å². The number of hydrogen-bond donors (Lipinski definition) is 3. The lowest BCUT2D eigenvalue weighted by Crippen LogP contribution is -2.30. The molecule has 1 aliphatic heterocycles. The molecular weight excluding hydrogens is 418 g/mol. The predicted molar refractivity (Wildman–Crippen MR) is 118 cm³/mol. The van der Waals surface area contributed by atoms with E-state index in [4.69, 9.17) is 26.2 Å². The van der Waals surface area contributed by atoms with E-state index in [0.29, 0.717) is 30.0 Å². The Bertz CT molecular complexity index is 1090. The molecule has 0 spiro atoms. The van der Waals surface area contributed by atoms with E-state index >= 15 is 0 Å². The van der Waals surface area contributed by atoms with Crippen LogP contribution in [0.4, 0.5) is 0 Å². The monoisotopic (exact) mass is 441 g/mol. The van der Waals surface area contributed by atoms with Crippen molar-refractivity contribution >= 4 is 28.5 Å². The normalized spacial score (nSPS) is 21.6. The van der Waals surface area contributed by atoms with Gasteiger partial charge in [0.25, 0.3) is 0 Å². The standard InChI is InChI=1S/C24H24ClNO5/c25-16-10-11-20-18(12-16)19(13-26-20)24-30-14-15(6-2-1-3-9-22(28)29)23(31-24)17-7-4-5-8-21(17)27/h1-2,4-5,7-8,10-13,15,23-24,26-27H,3,6,9,14H2,(H,28,29). The minimum atomic E-state index is -0.817. The van der Waals surface area contributed by atoms with Crippen LogP contribution < -0.4 is 0 Å². The molecule has 0 saturated carbocycles. The Balaban J connectivity index is 1.57. The largest absolute Gasteiger partial charge is 0.508 e. The molecule has 3 N–H and O–H groups in total. The van der Waals surface area contributed by atoms with Crippen LogP contribution in [0, 0.1) is 5.92 Å². The quantitative estimate of drug-likeness (QED) is 0.406. The molecule has 162 valence electrons. The molecule has 0 bridgehead atoms. The number of aromatic nitrogens is 1. The summed E-state index contributed by atoms with van der Waals surface area (Å²) in [6.45, 7) is 0.431. The van der Waals surface area contributed by atoms with Crippen molar-refractivity contribution in [3.05, 3.63) is 77.0 Å². The van der Waals surface area contributed by atoms with Crippen molar-refractivity contribution in [3.63, 3.8) is 0 Å². The Morgan fingerprint density at radius 2 is 2.03 bits per heavy atom. The van der Waals surface area contributed by atoms with Crippen molar-refractivity contribution < 1.29 is 24.5 Å². The van der Waals surface area contributed by atoms with Crippen LogP contribution in [0.1, 0.15) is 42.8 Å². The predicted octanol–water partition coefficient (Wildman–Crippen LogP) is 5.74. The van der Waals surface area contributed by atoms with Crippen molar-refractivity contribution in [1.29, 1.82) is 0 Å². The zero-order valence-corrected chi connectivity index (χ0v) is 17.6. The fraction of sp³-hybridized carbons (Fsp3) is 0.292. The van der Waals surface area contributed by atoms with Crippen molar-refractivity contribution in [2.45, 2.75) is 31.7 Å². The molecule has 3 unspecified atom stereocenters. The molecule has 2 heterocycles. The van der Waals surface area contributed by atoms with E-state index in [1.807, 2.05) is 48.7 Å². The Morgan fingerprint density at radius 1 is 1.19 bits per heavy atom. The molecule has 1 fully saturated rings. The average molecular weight is 442 g/mol. The smallest absolute Gasteiger partial charge is 0.303 e. The van der Waals surface area contributed by atoms with E-state index in [1.54, 1.807) is 12.1 Å². The van der Waals surface area contributed by atoms with Gasteiger partial charge in [-0.05, 0) is 37.1 Å². The number of nitrogens with one attached hydrogen (secondary N) is 1. The summed E-state index contributed by atoms with van der Waals surface area (Å²) in [5.74, 6) is -0.669. The van der Waals surface area contributed by atoms with Gasteiger partial charge >= 0.3 is 5.97 Å². The number of para-hydroxylation sites is 1. The summed E-state index contributed by atoms with van der Waals surface area (Å²) in [6.07, 6.45) is 5.91. The van der Waals surface area contributed by atoms with Crippen LogP contribution in [0.25, 0.3) is 10.9 Å². The maximum absolute atomic E-state index is 10.7. The first kappa shape index (κ1) is 21.4. The number of fused-ring (bicyclic) bond motifs is 1. The van der Waals surface area contributed by atoms with Gasteiger partial charge in [-0.2, -0.15) is 0 Å². The minimum absolute atomic E-state index is 0.0283. The lowest BCUT2D eigenvalue weighted by atomic mass is 9.91. The molecular formula is C24H24ClNO5. The summed E-state index contributed by atoms with van der Waals surface area (Å²) < 4.78 is 12.5. The van der Waals surface area contributed by atoms with Crippen LogP contribution in [0.2, 0.25) is 5.02 Å². The average Bonchev–Trinajstić information content (AvgIpc) is 3.17. The van der Waals surface area contributed by atoms with Crippen molar-refractivity contribution in [3.8, 4) is 5.75 Å². The third kappa shape index (κ3) is 4.93. The fourth-order valence-corrected chi connectivity index (χ4v) is 4.07. The number of allylic oxidation sites excluding steroid dienone is 2. The first-order chi connectivity index (χ1) is 15.0. The highest BCUT2D eigenvalue weighted by atomic mass is 35.5. The second kappa shape index (κ2) is 9.56. The van der Waals surface area contributed by atoms with Gasteiger partial charge in [0, 0.05) is 45.6 Å². The summed E-state index contributed by atoms with van der Waals surface area (Å²) in [5.41, 5.74) is 2.50. The molecule has 0 aliphatic carbocycles. The second-order valence-corrected chi connectivity index (χ2v) is 8.05. The van der Waals surface area contributed by atoms with Gasteiger partial charge in [-0.3, -0.25) is 4.79 Å². The first-order valence-corrected chi connectivity index (χ1v) is 10.6. The van der Waals surface area contributed by atoms with Crippen LogP contribution in [-0.4, -0.2) is 27.8 Å². The number of phenols is 1. The number of aliphatic carboxylic acids is 1. The number of H-pyrrole nitrogens is 1. The highest BCUT2D eigenvalue weighted by molar-refractivity contribution is 6.31. The number of carboxylic acids is 1. The summed E-state index contributed by atoms with van der Waals surface area (Å²) in [7, 11) is 0. The number of halogens is 1. The Kier molecular flexibility index (Phi) is 6.61. The number of aromatic amines is 1. The maximum Gasteiger partial charge on any atom is 0.303 e. The number of carbonyl (C=O) groups is 1. The van der Waals surface area contributed by atoms with E-state index < -0.39 is 12.3 Å². The van der Waals surface area contributed by atoms with Crippen LogP contribution >= 0.6 is 11.6 Å². The van der Waals surface area contributed by atoms with Crippen LogP contribution in [0.3, 0.4) is 0 Å². The molecule has 7 heteroatoms. The summed E-state index contributed by atoms with van der Waals surface area (Å²) in [5, 5.41) is 20.8. The molecule has 3 atom stereocenters. The molecule has 1 saturated heterocycles. The number of rotatable bonds is 7. The molecule has 0 radical (unpaired) electrons. The maximum atomic E-state index is 10.7. The van der Waals surface area contributed by atoms with Gasteiger partial charge in [0.05, 0.1) is 12.7 Å². The van der Waals surface area contributed by atoms with Gasteiger partial charge in [-0.15, -0.1) is 0 Å². The zero-order chi connectivity index (χ0) is 21.8. The molecule has 0 amide bonds. The lowest BCUT2D eigenvalue weighted by Gasteiger charge is -2.36. The van der Waals surface area contributed by atoms with E-state index in [-0.39, 0.29) is 24.2 Å². The first-order valence-electron chi connectivity index (χ1n) is 10.2. The van der Waals surface area contributed by atoms with Gasteiger partial charge in [0.15, 0.2) is 6.29 Å². The second-order valence-electron chi connectivity index (χ2n) is 7.61. The number of hydrogen-bond acceptors (Lipinski definition) is 4. The third-order valence-corrected chi connectivity index (χ3v) is 5.70.